The predicted molar refractivity (Wildman–Crippen MR) is 142 cm³/mol. The van der Waals surface area contributed by atoms with Crippen LogP contribution in [0, 0.1) is 15.3 Å². The van der Waals surface area contributed by atoms with Crippen LogP contribution in [0.3, 0.4) is 0 Å². The zero-order valence-corrected chi connectivity index (χ0v) is 26.3. The molecule has 0 saturated heterocycles. The molecular weight excluding hydrogens is 575 g/mol. The Bertz CT molecular complexity index is 1340. The first kappa shape index (κ1) is 28.5. The maximum atomic E-state index is 2.66. The second-order valence-electron chi connectivity index (χ2n) is 11.0. The fourth-order valence-corrected chi connectivity index (χ4v) is 12.9. The van der Waals surface area contributed by atoms with E-state index in [0.717, 1.165) is 17.5 Å². The Balaban J connectivity index is 0.00000152. The van der Waals surface area contributed by atoms with Gasteiger partial charge in [-0.2, -0.15) is 0 Å². The van der Waals surface area contributed by atoms with E-state index in [1.54, 1.807) is 44.7 Å². The molecule has 187 valence electrons. The summed E-state index contributed by atoms with van der Waals surface area (Å²) in [4.78, 5) is 1.82. The van der Waals surface area contributed by atoms with Crippen molar-refractivity contribution in [3.8, 4) is 0 Å². The predicted octanol–water partition coefficient (Wildman–Crippen LogP) is 2.12. The van der Waals surface area contributed by atoms with Crippen LogP contribution in [0.4, 0.5) is 0 Å². The molecule has 0 aromatic heterocycles. The molecule has 4 aliphatic rings. The Morgan fingerprint density at radius 1 is 0.639 bits per heavy atom. The van der Waals surface area contributed by atoms with Crippen LogP contribution in [0.25, 0.3) is 8.85 Å². The van der Waals surface area contributed by atoms with Crippen LogP contribution < -0.4 is 30.0 Å². The molecule has 0 unspecified atom stereocenters. The van der Waals surface area contributed by atoms with Crippen molar-refractivity contribution >= 4 is 17.3 Å². The molecule has 0 spiro atoms. The summed E-state index contributed by atoms with van der Waals surface area (Å²) >= 11 is 1.57. The summed E-state index contributed by atoms with van der Waals surface area (Å²) in [5.41, 5.74) is 6.85. The summed E-state index contributed by atoms with van der Waals surface area (Å²) in [6.07, 6.45) is 26.0. The molecule has 4 aliphatic carbocycles. The van der Waals surface area contributed by atoms with Gasteiger partial charge >= 0.3 is 223 Å². The first-order valence-corrected chi connectivity index (χ1v) is 16.8. The molecule has 2 aromatic carbocycles. The van der Waals surface area contributed by atoms with Gasteiger partial charge in [-0.25, -0.2) is 0 Å². The van der Waals surface area contributed by atoms with Crippen LogP contribution in [0.5, 0.6) is 0 Å². The third-order valence-electron chi connectivity index (χ3n) is 8.94. The van der Waals surface area contributed by atoms with Crippen LogP contribution in [-0.4, -0.2) is 8.41 Å². The number of halogens is 2. The first-order chi connectivity index (χ1) is 16.8. The van der Waals surface area contributed by atoms with Gasteiger partial charge in [-0.05, 0) is 0 Å². The van der Waals surface area contributed by atoms with Gasteiger partial charge < -0.3 is 24.8 Å². The SMILES string of the molecule is [Cl-].[Cl-].[Zr+2][C]1=c2ccccc2=c2ccc(=[Si](C3CCCCCC3)C3CCCCCC3)c(C3=CC=CC3)c21. The second-order valence-corrected chi connectivity index (χ2v) is 15.3. The number of hydrogen-bond acceptors (Lipinski definition) is 0. The van der Waals surface area contributed by atoms with E-state index in [1.807, 2.05) is 4.81 Å². The summed E-state index contributed by atoms with van der Waals surface area (Å²) in [7, 11) is -0.638. The minimum atomic E-state index is -0.638. The van der Waals surface area contributed by atoms with E-state index in [9.17, 15) is 0 Å². The molecule has 0 bridgehead atoms. The number of hydrogen-bond donors (Lipinski definition) is 0. The monoisotopic (exact) mass is 609 g/mol. The molecule has 0 atom stereocenters. The summed E-state index contributed by atoms with van der Waals surface area (Å²) in [5, 5.41) is 4.48. The molecule has 4 heteroatoms. The van der Waals surface area contributed by atoms with Gasteiger partial charge in [-0.3, -0.25) is 0 Å². The van der Waals surface area contributed by atoms with Crippen LogP contribution in [0.15, 0.2) is 54.6 Å². The minimum absolute atomic E-state index is 0. The number of fused-ring (bicyclic) bond motifs is 2. The van der Waals surface area contributed by atoms with Gasteiger partial charge in [0.05, 0.1) is 0 Å². The number of allylic oxidation sites excluding steroid dienone is 4. The van der Waals surface area contributed by atoms with E-state index in [1.165, 1.54) is 92.7 Å². The fraction of sp³-hybridized carbons (Fsp3) is 0.469. The Kier molecular flexibility index (Phi) is 10.3. The standard InChI is InChI=1S/C32H37Si.2ClH.Zr/c1-2-6-17-26(16-5-1)33(27-18-7-3-4-8-19-27)31-22-21-29-28-20-12-11-15-25(28)23-30(29)32(31)24-13-9-10-14-24;;;/h9-13,15,20-22,26-27H,1-8,14,16-19H2;2*1H;/q;;;+2/p-2. The van der Waals surface area contributed by atoms with E-state index < -0.39 is 8.41 Å². The summed E-state index contributed by atoms with van der Waals surface area (Å²) < 4.78 is 1.60. The first-order valence-electron chi connectivity index (χ1n) is 13.9. The van der Waals surface area contributed by atoms with Crippen molar-refractivity contribution in [3.63, 3.8) is 0 Å². The molecule has 2 fully saturated rings. The van der Waals surface area contributed by atoms with E-state index in [2.05, 4.69) is 54.6 Å². The molecule has 0 N–H and O–H groups in total. The molecule has 2 aromatic rings. The van der Waals surface area contributed by atoms with Gasteiger partial charge in [-0.1, -0.05) is 0 Å². The Morgan fingerprint density at radius 3 is 1.78 bits per heavy atom. The topological polar surface area (TPSA) is 0 Å². The quantitative estimate of drug-likeness (QED) is 0.369. The average molecular weight is 612 g/mol. The van der Waals surface area contributed by atoms with Gasteiger partial charge in [0, 0.05) is 0 Å². The molecule has 2 saturated carbocycles. The average Bonchev–Trinajstić information content (AvgIpc) is 3.26. The van der Waals surface area contributed by atoms with E-state index in [0.29, 0.717) is 0 Å². The van der Waals surface area contributed by atoms with Crippen molar-refractivity contribution in [2.24, 2.45) is 0 Å². The normalized spacial score (nSPS) is 19.9. The van der Waals surface area contributed by atoms with Gasteiger partial charge in [0.15, 0.2) is 0 Å². The molecule has 0 radical (unpaired) electrons. The molecule has 0 nitrogen and oxygen atoms in total. The Labute approximate surface area is 245 Å². The van der Waals surface area contributed by atoms with Crippen molar-refractivity contribution in [3.05, 3.63) is 86.2 Å². The molecular formula is C32H37Cl2SiZr. The molecule has 0 aliphatic heterocycles. The van der Waals surface area contributed by atoms with Gasteiger partial charge in [0.2, 0.25) is 0 Å². The summed E-state index contributed by atoms with van der Waals surface area (Å²) in [6.45, 7) is 0. The van der Waals surface area contributed by atoms with Crippen molar-refractivity contribution in [2.45, 2.75) is 94.6 Å². The van der Waals surface area contributed by atoms with Crippen LogP contribution >= 0.6 is 0 Å². The zero-order valence-electron chi connectivity index (χ0n) is 21.3. The van der Waals surface area contributed by atoms with Gasteiger partial charge in [0.25, 0.3) is 0 Å². The summed E-state index contributed by atoms with van der Waals surface area (Å²) in [6, 6.07) is 14.4. The van der Waals surface area contributed by atoms with Crippen LogP contribution in [0.2, 0.25) is 11.1 Å². The van der Waals surface area contributed by atoms with Crippen LogP contribution in [-0.2, 0) is 24.7 Å². The van der Waals surface area contributed by atoms with Crippen molar-refractivity contribution in [2.75, 3.05) is 0 Å². The third kappa shape index (κ3) is 5.45. The van der Waals surface area contributed by atoms with E-state index in [4.69, 9.17) is 0 Å². The molecule has 36 heavy (non-hydrogen) atoms. The molecule has 6 rings (SSSR count). The number of rotatable bonds is 3. The van der Waals surface area contributed by atoms with Crippen molar-refractivity contribution in [1.29, 1.82) is 0 Å². The third-order valence-corrected chi connectivity index (χ3v) is 14.2. The Morgan fingerprint density at radius 2 is 1.22 bits per heavy atom. The summed E-state index contributed by atoms with van der Waals surface area (Å²) in [5.74, 6) is 0. The van der Waals surface area contributed by atoms with Crippen molar-refractivity contribution < 1.29 is 49.5 Å². The van der Waals surface area contributed by atoms with E-state index in [-0.39, 0.29) is 24.8 Å². The fourth-order valence-electron chi connectivity index (χ4n) is 7.32. The molecule has 0 heterocycles. The van der Waals surface area contributed by atoms with E-state index >= 15 is 0 Å². The second kappa shape index (κ2) is 13.0. The zero-order chi connectivity index (χ0) is 22.9. The van der Waals surface area contributed by atoms with Crippen LogP contribution in [0.1, 0.15) is 94.6 Å². The Hall–Kier alpha value is -0.530. The maximum absolute atomic E-state index is 2.66. The van der Waals surface area contributed by atoms with Gasteiger partial charge in [0.1, 0.15) is 0 Å². The molecule has 0 amide bonds. The van der Waals surface area contributed by atoms with Gasteiger partial charge in [-0.15, -0.1) is 0 Å². The van der Waals surface area contributed by atoms with Crippen molar-refractivity contribution in [1.82, 2.24) is 0 Å². The number of benzene rings is 2.